The average Bonchev–Trinajstić information content (AvgIpc) is 2.74. The number of aliphatic hydroxyl groups excluding tert-OH is 2. The molecule has 2 heteroatoms. The van der Waals surface area contributed by atoms with Gasteiger partial charge in [-0.3, -0.25) is 0 Å². The summed E-state index contributed by atoms with van der Waals surface area (Å²) < 4.78 is 0. The number of allylic oxidation sites excluding steroid dienone is 2. The fourth-order valence-corrected chi connectivity index (χ4v) is 11.3. The molecule has 0 aromatic carbocycles. The molecule has 4 fully saturated rings. The van der Waals surface area contributed by atoms with Crippen molar-refractivity contribution < 1.29 is 10.2 Å². The molecule has 0 aromatic rings. The van der Waals surface area contributed by atoms with Crippen LogP contribution in [0, 0.1) is 56.7 Å². The van der Waals surface area contributed by atoms with Crippen LogP contribution in [-0.4, -0.2) is 22.9 Å². The van der Waals surface area contributed by atoms with E-state index >= 15 is 0 Å². The van der Waals surface area contributed by atoms with Gasteiger partial charge in [0.1, 0.15) is 0 Å². The van der Waals surface area contributed by atoms with Crippen molar-refractivity contribution >= 4 is 0 Å². The van der Waals surface area contributed by atoms with Crippen molar-refractivity contribution in [1.29, 1.82) is 0 Å². The molecule has 0 radical (unpaired) electrons. The number of hydrogen-bond acceptors (Lipinski definition) is 2. The second-order valence-electron chi connectivity index (χ2n) is 14.5. The van der Waals surface area contributed by atoms with E-state index in [4.69, 9.17) is 0 Å². The molecule has 0 spiro atoms. The zero-order chi connectivity index (χ0) is 23.3. The molecule has 5 aliphatic rings. The molecular formula is C30H50O2. The number of fused-ring (bicyclic) bond motifs is 7. The monoisotopic (exact) mass is 442 g/mol. The van der Waals surface area contributed by atoms with Crippen molar-refractivity contribution in [3.8, 4) is 0 Å². The molecule has 4 saturated carbocycles. The van der Waals surface area contributed by atoms with Crippen molar-refractivity contribution in [3.05, 3.63) is 11.6 Å². The molecule has 0 amide bonds. The van der Waals surface area contributed by atoms with E-state index in [1.165, 1.54) is 44.9 Å². The first-order chi connectivity index (χ1) is 14.9. The van der Waals surface area contributed by atoms with Crippen LogP contribution in [-0.2, 0) is 0 Å². The third kappa shape index (κ3) is 2.66. The zero-order valence-corrected chi connectivity index (χ0v) is 22.0. The molecule has 0 aromatic heterocycles. The van der Waals surface area contributed by atoms with Crippen molar-refractivity contribution in [2.45, 2.75) is 112 Å². The second kappa shape index (κ2) is 7.09. The molecular weight excluding hydrogens is 392 g/mol. The molecule has 0 aliphatic heterocycles. The Bertz CT molecular complexity index is 799. The van der Waals surface area contributed by atoms with E-state index in [9.17, 15) is 10.2 Å². The van der Waals surface area contributed by atoms with Gasteiger partial charge in [-0.15, -0.1) is 0 Å². The lowest BCUT2D eigenvalue weighted by atomic mass is 9.31. The minimum Gasteiger partial charge on any atom is -0.396 e. The predicted octanol–water partition coefficient (Wildman–Crippen LogP) is 7.00. The van der Waals surface area contributed by atoms with Crippen LogP contribution in [0.5, 0.6) is 0 Å². The Morgan fingerprint density at radius 2 is 1.59 bits per heavy atom. The maximum absolute atomic E-state index is 10.9. The van der Waals surface area contributed by atoms with E-state index in [0.717, 1.165) is 24.7 Å². The summed E-state index contributed by atoms with van der Waals surface area (Å²) in [6.45, 7) is 17.9. The van der Waals surface area contributed by atoms with Crippen molar-refractivity contribution in [2.75, 3.05) is 6.61 Å². The van der Waals surface area contributed by atoms with Gasteiger partial charge >= 0.3 is 0 Å². The van der Waals surface area contributed by atoms with Crippen LogP contribution in [0.15, 0.2) is 11.6 Å². The van der Waals surface area contributed by atoms with Gasteiger partial charge in [-0.1, -0.05) is 53.2 Å². The molecule has 1 unspecified atom stereocenters. The van der Waals surface area contributed by atoms with Gasteiger partial charge in [0.15, 0.2) is 0 Å². The maximum Gasteiger partial charge on any atom is 0.0594 e. The average molecular weight is 443 g/mol. The van der Waals surface area contributed by atoms with Gasteiger partial charge in [-0.25, -0.2) is 0 Å². The fourth-order valence-electron chi connectivity index (χ4n) is 11.3. The maximum atomic E-state index is 10.9. The molecule has 182 valence electrons. The van der Waals surface area contributed by atoms with Crippen LogP contribution < -0.4 is 0 Å². The molecule has 0 saturated heterocycles. The van der Waals surface area contributed by atoms with Crippen LogP contribution in [0.1, 0.15) is 106 Å². The van der Waals surface area contributed by atoms with Crippen molar-refractivity contribution in [3.63, 3.8) is 0 Å². The Hall–Kier alpha value is -0.340. The Kier molecular flexibility index (Phi) is 5.19. The summed E-state index contributed by atoms with van der Waals surface area (Å²) in [6.07, 6.45) is 13.3. The second-order valence-corrected chi connectivity index (χ2v) is 14.5. The molecule has 0 bridgehead atoms. The van der Waals surface area contributed by atoms with Crippen LogP contribution in [0.3, 0.4) is 0 Å². The molecule has 5 aliphatic carbocycles. The molecule has 2 N–H and O–H groups in total. The van der Waals surface area contributed by atoms with Crippen LogP contribution in [0.4, 0.5) is 0 Å². The summed E-state index contributed by atoms with van der Waals surface area (Å²) in [5, 5.41) is 21.6. The minimum atomic E-state index is -0.144. The van der Waals surface area contributed by atoms with Crippen LogP contribution in [0.25, 0.3) is 0 Å². The van der Waals surface area contributed by atoms with E-state index in [0.29, 0.717) is 40.6 Å². The smallest absolute Gasteiger partial charge is 0.0594 e. The summed E-state index contributed by atoms with van der Waals surface area (Å²) in [5.74, 6) is 3.35. The highest BCUT2D eigenvalue weighted by Crippen LogP contribution is 2.76. The van der Waals surface area contributed by atoms with Crippen LogP contribution in [0.2, 0.25) is 0 Å². The van der Waals surface area contributed by atoms with Crippen molar-refractivity contribution in [2.24, 2.45) is 56.7 Å². The molecule has 10 atom stereocenters. The van der Waals surface area contributed by atoms with E-state index in [2.05, 4.69) is 54.5 Å². The normalized spacial score (nSPS) is 56.8. The molecule has 5 rings (SSSR count). The quantitative estimate of drug-likeness (QED) is 0.429. The Labute approximate surface area is 197 Å². The third-order valence-electron chi connectivity index (χ3n) is 13.6. The Balaban J connectivity index is 1.55. The van der Waals surface area contributed by atoms with E-state index in [-0.39, 0.29) is 16.9 Å². The first kappa shape index (κ1) is 23.4. The van der Waals surface area contributed by atoms with E-state index < -0.39 is 0 Å². The number of rotatable bonds is 1. The summed E-state index contributed by atoms with van der Waals surface area (Å²) in [5.41, 5.74) is 2.79. The first-order valence-electron chi connectivity index (χ1n) is 13.8. The highest BCUT2D eigenvalue weighted by molar-refractivity contribution is 5.23. The largest absolute Gasteiger partial charge is 0.396 e. The predicted molar refractivity (Wildman–Crippen MR) is 132 cm³/mol. The highest BCUT2D eigenvalue weighted by Gasteiger charge is 2.70. The van der Waals surface area contributed by atoms with Gasteiger partial charge in [0.2, 0.25) is 0 Å². The standard InChI is InChI=1S/C30H50O2/c1-19-10-15-30(18-31)17-16-28(6)21(25(30)20(19)2)8-9-23-27(5)13-12-24(32)26(3,4)22(27)11-14-29(23,28)7/h10,20-25,31-32H,8-9,11-18H2,1-7H3/t20-,21?,22+,23-,24+,25-,27+,28-,29-,30-/m1/s1. The Morgan fingerprint density at radius 1 is 0.875 bits per heavy atom. The molecule has 0 heterocycles. The van der Waals surface area contributed by atoms with Gasteiger partial charge in [0.05, 0.1) is 6.10 Å². The van der Waals surface area contributed by atoms with E-state index in [1.807, 2.05) is 0 Å². The molecule has 32 heavy (non-hydrogen) atoms. The lowest BCUT2D eigenvalue weighted by Gasteiger charge is -2.73. The van der Waals surface area contributed by atoms with Gasteiger partial charge in [0.25, 0.3) is 0 Å². The highest BCUT2D eigenvalue weighted by atomic mass is 16.3. The van der Waals surface area contributed by atoms with Gasteiger partial charge in [-0.05, 0) is 116 Å². The summed E-state index contributed by atoms with van der Waals surface area (Å²) in [7, 11) is 0. The number of aliphatic hydroxyl groups is 2. The SMILES string of the molecule is CC1=CC[C@]2(CO)CC[C@]3(C)C(CC[C@@H]4[C@@]5(C)CC[C@H](O)C(C)(C)[C@@H]5CC[C@]43C)[C@H]2[C@@H]1C. The fraction of sp³-hybridized carbons (Fsp3) is 0.933. The third-order valence-corrected chi connectivity index (χ3v) is 13.6. The number of hydrogen-bond donors (Lipinski definition) is 2. The summed E-state index contributed by atoms with van der Waals surface area (Å²) in [6, 6.07) is 0. The van der Waals surface area contributed by atoms with Gasteiger partial charge < -0.3 is 10.2 Å². The lowest BCUT2D eigenvalue weighted by Crippen LogP contribution is -2.67. The van der Waals surface area contributed by atoms with Crippen LogP contribution >= 0.6 is 0 Å². The Morgan fingerprint density at radius 3 is 2.28 bits per heavy atom. The summed E-state index contributed by atoms with van der Waals surface area (Å²) in [4.78, 5) is 0. The van der Waals surface area contributed by atoms with Crippen molar-refractivity contribution in [1.82, 2.24) is 0 Å². The first-order valence-corrected chi connectivity index (χ1v) is 13.8. The summed E-state index contributed by atoms with van der Waals surface area (Å²) >= 11 is 0. The van der Waals surface area contributed by atoms with Gasteiger partial charge in [0, 0.05) is 12.0 Å². The van der Waals surface area contributed by atoms with Gasteiger partial charge in [-0.2, -0.15) is 0 Å². The van der Waals surface area contributed by atoms with E-state index in [1.54, 1.807) is 5.57 Å². The topological polar surface area (TPSA) is 40.5 Å². The molecule has 2 nitrogen and oxygen atoms in total. The minimum absolute atomic E-state index is 0.0322. The lowest BCUT2D eigenvalue weighted by molar-refractivity contribution is -0.254. The zero-order valence-electron chi connectivity index (χ0n) is 22.0.